The summed E-state index contributed by atoms with van der Waals surface area (Å²) >= 11 is 1.76. The summed E-state index contributed by atoms with van der Waals surface area (Å²) in [7, 11) is 0. The third kappa shape index (κ3) is 4.09. The Labute approximate surface area is 166 Å². The van der Waals surface area contributed by atoms with Crippen LogP contribution >= 0.6 is 11.8 Å². The van der Waals surface area contributed by atoms with Crippen LogP contribution in [-0.2, 0) is 11.3 Å². The van der Waals surface area contributed by atoms with E-state index in [9.17, 15) is 9.59 Å². The third-order valence-corrected chi connectivity index (χ3v) is 5.37. The number of amides is 1. The summed E-state index contributed by atoms with van der Waals surface area (Å²) in [5.74, 6) is 1.37. The minimum atomic E-state index is -0.249. The van der Waals surface area contributed by atoms with E-state index >= 15 is 0 Å². The highest BCUT2D eigenvalue weighted by Gasteiger charge is 2.15. The molecule has 0 saturated heterocycles. The van der Waals surface area contributed by atoms with Gasteiger partial charge in [0.1, 0.15) is 5.75 Å². The highest BCUT2D eigenvalue weighted by molar-refractivity contribution is 7.99. The number of hydrogen-bond donors (Lipinski definition) is 1. The fraction of sp³-hybridized carbons (Fsp3) is 0.190. The number of nitrogens with one attached hydrogen (secondary N) is 1. The molecular weight excluding hydrogens is 374 g/mol. The Hall–Kier alpha value is -3.06. The van der Waals surface area contributed by atoms with Crippen molar-refractivity contribution in [1.29, 1.82) is 0 Å². The topological polar surface area (TPSA) is 73.2 Å². The summed E-state index contributed by atoms with van der Waals surface area (Å²) in [5.41, 5.74) is 3.27. The standard InChI is InChI=1S/C21H19N3O3S/c1-14(25)15-4-8-18(9-5-15)27-13-20(26)22-17-6-2-16(3-7-17)19-12-24-10-11-28-21(24)23-19/h2-9,12H,10-11,13H2,1H3,(H,22,26). The summed E-state index contributed by atoms with van der Waals surface area (Å²) in [6.45, 7) is 2.40. The lowest BCUT2D eigenvalue weighted by atomic mass is 10.1. The number of benzene rings is 2. The summed E-state index contributed by atoms with van der Waals surface area (Å²) in [6, 6.07) is 14.3. The molecule has 1 amide bonds. The van der Waals surface area contributed by atoms with Crippen LogP contribution < -0.4 is 10.1 Å². The maximum absolute atomic E-state index is 12.1. The lowest BCUT2D eigenvalue weighted by Crippen LogP contribution is -2.20. The largest absolute Gasteiger partial charge is 0.484 e. The molecule has 28 heavy (non-hydrogen) atoms. The van der Waals surface area contributed by atoms with E-state index in [4.69, 9.17) is 4.74 Å². The third-order valence-electron chi connectivity index (χ3n) is 4.40. The molecule has 6 nitrogen and oxygen atoms in total. The first-order valence-electron chi connectivity index (χ1n) is 8.92. The first-order chi connectivity index (χ1) is 13.6. The van der Waals surface area contributed by atoms with Crippen molar-refractivity contribution in [2.24, 2.45) is 0 Å². The molecule has 142 valence electrons. The van der Waals surface area contributed by atoms with Crippen molar-refractivity contribution < 1.29 is 14.3 Å². The van der Waals surface area contributed by atoms with Gasteiger partial charge < -0.3 is 14.6 Å². The number of thioether (sulfide) groups is 1. The predicted octanol–water partition coefficient (Wildman–Crippen LogP) is 3.88. The van der Waals surface area contributed by atoms with Crippen LogP contribution in [0.3, 0.4) is 0 Å². The van der Waals surface area contributed by atoms with Gasteiger partial charge >= 0.3 is 0 Å². The van der Waals surface area contributed by atoms with Gasteiger partial charge in [0.2, 0.25) is 0 Å². The highest BCUT2D eigenvalue weighted by Crippen LogP contribution is 2.29. The van der Waals surface area contributed by atoms with Gasteiger partial charge in [0, 0.05) is 35.3 Å². The number of Topliss-reactive ketones (excluding diaryl/α,β-unsaturated/α-hetero) is 1. The first kappa shape index (κ1) is 18.3. The molecule has 1 aliphatic heterocycles. The minimum absolute atomic E-state index is 0.00773. The average molecular weight is 393 g/mol. The molecule has 0 unspecified atom stereocenters. The molecule has 2 aromatic carbocycles. The zero-order valence-corrected chi connectivity index (χ0v) is 16.2. The summed E-state index contributed by atoms with van der Waals surface area (Å²) in [6.07, 6.45) is 2.06. The molecule has 0 spiro atoms. The van der Waals surface area contributed by atoms with Gasteiger partial charge in [0.25, 0.3) is 5.91 Å². The number of ether oxygens (including phenoxy) is 1. The molecule has 0 aliphatic carbocycles. The molecule has 1 aromatic heterocycles. The minimum Gasteiger partial charge on any atom is -0.484 e. The van der Waals surface area contributed by atoms with Gasteiger partial charge in [0.05, 0.1) is 5.69 Å². The van der Waals surface area contributed by atoms with Crippen molar-refractivity contribution in [1.82, 2.24) is 9.55 Å². The molecule has 3 aromatic rings. The monoisotopic (exact) mass is 393 g/mol. The molecule has 4 rings (SSSR count). The summed E-state index contributed by atoms with van der Waals surface area (Å²) in [5, 5.41) is 3.87. The van der Waals surface area contributed by atoms with E-state index in [0.717, 1.165) is 28.7 Å². The number of hydrogen-bond acceptors (Lipinski definition) is 5. The lowest BCUT2D eigenvalue weighted by molar-refractivity contribution is -0.118. The molecule has 1 N–H and O–H groups in total. The number of fused-ring (bicyclic) bond motifs is 1. The maximum Gasteiger partial charge on any atom is 0.262 e. The molecule has 2 heterocycles. The number of carbonyl (C=O) groups is 2. The van der Waals surface area contributed by atoms with E-state index in [1.54, 1.807) is 36.0 Å². The van der Waals surface area contributed by atoms with Crippen molar-refractivity contribution in [2.75, 3.05) is 17.7 Å². The number of nitrogens with zero attached hydrogens (tertiary/aromatic N) is 2. The second-order valence-electron chi connectivity index (χ2n) is 6.45. The molecule has 0 radical (unpaired) electrons. The van der Waals surface area contributed by atoms with Gasteiger partial charge in [-0.15, -0.1) is 0 Å². The zero-order valence-electron chi connectivity index (χ0n) is 15.3. The van der Waals surface area contributed by atoms with Crippen molar-refractivity contribution in [2.45, 2.75) is 18.6 Å². The fourth-order valence-corrected chi connectivity index (χ4v) is 3.85. The van der Waals surface area contributed by atoms with Crippen LogP contribution in [0.4, 0.5) is 5.69 Å². The van der Waals surface area contributed by atoms with Crippen molar-refractivity contribution in [3.8, 4) is 17.0 Å². The quantitative estimate of drug-likeness (QED) is 0.644. The SMILES string of the molecule is CC(=O)c1ccc(OCC(=O)Nc2ccc(-c3cn4c(n3)SCC4)cc2)cc1. The maximum atomic E-state index is 12.1. The van der Waals surface area contributed by atoms with Crippen LogP contribution in [0.2, 0.25) is 0 Å². The molecule has 1 aliphatic rings. The number of aryl methyl sites for hydroxylation is 1. The highest BCUT2D eigenvalue weighted by atomic mass is 32.2. The normalized spacial score (nSPS) is 12.5. The van der Waals surface area contributed by atoms with Gasteiger partial charge in [-0.1, -0.05) is 23.9 Å². The molecule has 0 bridgehead atoms. The van der Waals surface area contributed by atoms with Crippen LogP contribution in [0.15, 0.2) is 59.9 Å². The molecule has 7 heteroatoms. The Morgan fingerprint density at radius 1 is 1.14 bits per heavy atom. The summed E-state index contributed by atoms with van der Waals surface area (Å²) in [4.78, 5) is 28.0. The smallest absolute Gasteiger partial charge is 0.262 e. The van der Waals surface area contributed by atoms with Crippen molar-refractivity contribution in [3.63, 3.8) is 0 Å². The first-order valence-corrected chi connectivity index (χ1v) is 9.91. The summed E-state index contributed by atoms with van der Waals surface area (Å²) < 4.78 is 7.63. The van der Waals surface area contributed by atoms with Crippen LogP contribution in [0, 0.1) is 0 Å². The van der Waals surface area contributed by atoms with Gasteiger partial charge in [-0.3, -0.25) is 9.59 Å². The molecule has 0 atom stereocenters. The molecular formula is C21H19N3O3S. The Bertz CT molecular complexity index is 989. The number of ketones is 1. The Morgan fingerprint density at radius 2 is 1.89 bits per heavy atom. The van der Waals surface area contributed by atoms with Crippen LogP contribution in [0.25, 0.3) is 11.3 Å². The Morgan fingerprint density at radius 3 is 2.57 bits per heavy atom. The van der Waals surface area contributed by atoms with Gasteiger partial charge in [-0.2, -0.15) is 0 Å². The second-order valence-corrected chi connectivity index (χ2v) is 7.51. The van der Waals surface area contributed by atoms with E-state index in [0.29, 0.717) is 17.0 Å². The van der Waals surface area contributed by atoms with E-state index in [2.05, 4.69) is 21.1 Å². The van der Waals surface area contributed by atoms with E-state index in [-0.39, 0.29) is 18.3 Å². The van der Waals surface area contributed by atoms with Gasteiger partial charge in [0.15, 0.2) is 17.5 Å². The van der Waals surface area contributed by atoms with Crippen molar-refractivity contribution >= 4 is 29.1 Å². The number of carbonyl (C=O) groups excluding carboxylic acids is 2. The van der Waals surface area contributed by atoms with E-state index in [1.807, 2.05) is 24.3 Å². The second kappa shape index (κ2) is 7.90. The number of anilines is 1. The lowest BCUT2D eigenvalue weighted by Gasteiger charge is -2.08. The molecule has 0 saturated carbocycles. The molecule has 0 fully saturated rings. The van der Waals surface area contributed by atoms with Gasteiger partial charge in [-0.05, 0) is 43.3 Å². The fourth-order valence-electron chi connectivity index (χ4n) is 2.90. The predicted molar refractivity (Wildman–Crippen MR) is 109 cm³/mol. The van der Waals surface area contributed by atoms with Crippen LogP contribution in [-0.4, -0.2) is 33.6 Å². The zero-order chi connectivity index (χ0) is 19.5. The number of rotatable bonds is 6. The van der Waals surface area contributed by atoms with Crippen LogP contribution in [0.5, 0.6) is 5.75 Å². The van der Waals surface area contributed by atoms with Gasteiger partial charge in [-0.25, -0.2) is 4.98 Å². The van der Waals surface area contributed by atoms with Crippen LogP contribution in [0.1, 0.15) is 17.3 Å². The van der Waals surface area contributed by atoms with E-state index < -0.39 is 0 Å². The van der Waals surface area contributed by atoms with E-state index in [1.165, 1.54) is 6.92 Å². The Balaban J connectivity index is 1.32. The Kier molecular flexibility index (Phi) is 5.16. The average Bonchev–Trinajstić information content (AvgIpc) is 3.29. The number of imidazole rings is 1. The number of aromatic nitrogens is 2. The van der Waals surface area contributed by atoms with Crippen molar-refractivity contribution in [3.05, 3.63) is 60.3 Å².